The van der Waals surface area contributed by atoms with Gasteiger partial charge in [0.25, 0.3) is 5.56 Å². The zero-order chi connectivity index (χ0) is 14.9. The number of esters is 1. The maximum absolute atomic E-state index is 12.1. The van der Waals surface area contributed by atoms with Crippen LogP contribution in [0, 0.1) is 0 Å². The molecule has 0 saturated heterocycles. The quantitative estimate of drug-likeness (QED) is 0.803. The SMILES string of the molecule is CC(C)(C)OC(=O)Cn1c(=O)[nH]c2ccncc2c1=O. The van der Waals surface area contributed by atoms with Gasteiger partial charge in [0.05, 0.1) is 10.9 Å². The lowest BCUT2D eigenvalue weighted by atomic mass is 10.2. The fourth-order valence-corrected chi connectivity index (χ4v) is 1.74. The second kappa shape index (κ2) is 4.92. The third-order valence-electron chi connectivity index (χ3n) is 2.49. The van der Waals surface area contributed by atoms with Crippen LogP contribution in [0.25, 0.3) is 10.9 Å². The van der Waals surface area contributed by atoms with E-state index in [0.717, 1.165) is 4.57 Å². The first-order valence-electron chi connectivity index (χ1n) is 6.06. The molecular weight excluding hydrogens is 262 g/mol. The van der Waals surface area contributed by atoms with E-state index < -0.39 is 29.4 Å². The Bertz CT molecular complexity index is 768. The number of aromatic nitrogens is 3. The number of nitrogens with one attached hydrogen (secondary N) is 1. The molecule has 0 atom stereocenters. The molecule has 0 bridgehead atoms. The highest BCUT2D eigenvalue weighted by Crippen LogP contribution is 2.07. The van der Waals surface area contributed by atoms with Crippen LogP contribution in [0.5, 0.6) is 0 Å². The molecule has 0 radical (unpaired) electrons. The van der Waals surface area contributed by atoms with E-state index in [1.54, 1.807) is 20.8 Å². The summed E-state index contributed by atoms with van der Waals surface area (Å²) in [4.78, 5) is 42.1. The lowest BCUT2D eigenvalue weighted by Gasteiger charge is -2.19. The van der Waals surface area contributed by atoms with Crippen molar-refractivity contribution < 1.29 is 9.53 Å². The molecule has 0 aromatic carbocycles. The standard InChI is InChI=1S/C13H15N3O4/c1-13(2,3)20-10(17)7-16-11(18)8-6-14-5-4-9(8)15-12(16)19/h4-6H,7H2,1-3H3,(H,15,19). The van der Waals surface area contributed by atoms with E-state index in [9.17, 15) is 14.4 Å². The number of pyridine rings is 1. The van der Waals surface area contributed by atoms with Crippen LogP contribution in [-0.4, -0.2) is 26.1 Å². The first-order valence-corrected chi connectivity index (χ1v) is 6.06. The molecule has 0 aliphatic rings. The second-order valence-corrected chi connectivity index (χ2v) is 5.33. The summed E-state index contributed by atoms with van der Waals surface area (Å²) in [6.45, 7) is 4.70. The van der Waals surface area contributed by atoms with Crippen LogP contribution < -0.4 is 11.2 Å². The van der Waals surface area contributed by atoms with Gasteiger partial charge >= 0.3 is 11.7 Å². The van der Waals surface area contributed by atoms with Crippen LogP contribution in [0.4, 0.5) is 0 Å². The van der Waals surface area contributed by atoms with Crippen LogP contribution in [0.3, 0.4) is 0 Å². The lowest BCUT2D eigenvalue weighted by Crippen LogP contribution is -2.39. The largest absolute Gasteiger partial charge is 0.459 e. The van der Waals surface area contributed by atoms with Crippen molar-refractivity contribution in [2.24, 2.45) is 0 Å². The number of carbonyl (C=O) groups excluding carboxylic acids is 1. The summed E-state index contributed by atoms with van der Waals surface area (Å²) in [5.74, 6) is -0.645. The van der Waals surface area contributed by atoms with Gasteiger partial charge < -0.3 is 9.72 Å². The van der Waals surface area contributed by atoms with Crippen molar-refractivity contribution in [2.75, 3.05) is 0 Å². The van der Waals surface area contributed by atoms with E-state index in [4.69, 9.17) is 4.74 Å². The van der Waals surface area contributed by atoms with Crippen molar-refractivity contribution in [1.29, 1.82) is 0 Å². The minimum atomic E-state index is -0.675. The number of hydrogen-bond acceptors (Lipinski definition) is 5. The van der Waals surface area contributed by atoms with Crippen molar-refractivity contribution in [3.63, 3.8) is 0 Å². The molecule has 0 aliphatic carbocycles. The van der Waals surface area contributed by atoms with Crippen molar-refractivity contribution in [3.8, 4) is 0 Å². The minimum Gasteiger partial charge on any atom is -0.459 e. The number of fused-ring (bicyclic) bond motifs is 1. The van der Waals surface area contributed by atoms with Gasteiger partial charge in [0.1, 0.15) is 12.1 Å². The highest BCUT2D eigenvalue weighted by atomic mass is 16.6. The zero-order valence-corrected chi connectivity index (χ0v) is 11.5. The van der Waals surface area contributed by atoms with Crippen LogP contribution in [0.15, 0.2) is 28.0 Å². The molecule has 7 nitrogen and oxygen atoms in total. The van der Waals surface area contributed by atoms with E-state index >= 15 is 0 Å². The van der Waals surface area contributed by atoms with E-state index in [1.165, 1.54) is 18.5 Å². The molecule has 0 saturated carbocycles. The Balaban J connectivity index is 2.43. The summed E-state index contributed by atoms with van der Waals surface area (Å²) in [6, 6.07) is 1.52. The molecule has 7 heteroatoms. The molecule has 0 unspecified atom stereocenters. The molecule has 1 N–H and O–H groups in total. The smallest absolute Gasteiger partial charge is 0.329 e. The predicted molar refractivity (Wildman–Crippen MR) is 72.5 cm³/mol. The summed E-state index contributed by atoms with van der Waals surface area (Å²) in [5.41, 5.74) is -1.51. The number of ether oxygens (including phenoxy) is 1. The van der Waals surface area contributed by atoms with E-state index in [-0.39, 0.29) is 5.39 Å². The zero-order valence-electron chi connectivity index (χ0n) is 11.5. The van der Waals surface area contributed by atoms with Gasteiger partial charge in [-0.25, -0.2) is 9.36 Å². The molecule has 20 heavy (non-hydrogen) atoms. The van der Waals surface area contributed by atoms with E-state index in [2.05, 4.69) is 9.97 Å². The van der Waals surface area contributed by atoms with Gasteiger partial charge in [0, 0.05) is 12.4 Å². The molecular formula is C13H15N3O4. The van der Waals surface area contributed by atoms with Gasteiger partial charge in [-0.15, -0.1) is 0 Å². The van der Waals surface area contributed by atoms with Crippen LogP contribution >= 0.6 is 0 Å². The predicted octanol–water partition coefficient (Wildman–Crippen LogP) is 0.427. The summed E-state index contributed by atoms with van der Waals surface area (Å²) < 4.78 is 5.90. The molecule has 0 aliphatic heterocycles. The molecule has 2 aromatic rings. The molecule has 106 valence electrons. The monoisotopic (exact) mass is 277 g/mol. The molecule has 0 amide bonds. The molecule has 0 spiro atoms. The summed E-state index contributed by atoms with van der Waals surface area (Å²) in [5, 5.41) is 0.246. The average molecular weight is 277 g/mol. The molecule has 2 heterocycles. The van der Waals surface area contributed by atoms with Gasteiger partial charge in [-0.2, -0.15) is 0 Å². The summed E-state index contributed by atoms with van der Waals surface area (Å²) >= 11 is 0. The van der Waals surface area contributed by atoms with Crippen LogP contribution in [0.1, 0.15) is 20.8 Å². The maximum atomic E-state index is 12.1. The van der Waals surface area contributed by atoms with E-state index in [0.29, 0.717) is 5.52 Å². The summed E-state index contributed by atoms with van der Waals surface area (Å²) in [6.07, 6.45) is 2.81. The van der Waals surface area contributed by atoms with Crippen molar-refractivity contribution in [1.82, 2.24) is 14.5 Å². The Kier molecular flexibility index (Phi) is 3.44. The molecule has 2 aromatic heterocycles. The number of hydrogen-bond donors (Lipinski definition) is 1. The molecule has 0 fully saturated rings. The van der Waals surface area contributed by atoms with E-state index in [1.807, 2.05) is 0 Å². The highest BCUT2D eigenvalue weighted by molar-refractivity contribution is 5.76. The topological polar surface area (TPSA) is 94.1 Å². The van der Waals surface area contributed by atoms with Gasteiger partial charge in [0.15, 0.2) is 0 Å². The van der Waals surface area contributed by atoms with Crippen molar-refractivity contribution in [3.05, 3.63) is 39.3 Å². The first kappa shape index (κ1) is 14.0. The average Bonchev–Trinajstić information content (AvgIpc) is 2.32. The number of carbonyl (C=O) groups is 1. The number of nitrogens with zero attached hydrogens (tertiary/aromatic N) is 2. The fourth-order valence-electron chi connectivity index (χ4n) is 1.74. The number of aromatic amines is 1. The third-order valence-corrected chi connectivity index (χ3v) is 2.49. The van der Waals surface area contributed by atoms with Crippen LogP contribution in [0.2, 0.25) is 0 Å². The van der Waals surface area contributed by atoms with Gasteiger partial charge in [-0.3, -0.25) is 14.6 Å². The Morgan fingerprint density at radius 3 is 2.75 bits per heavy atom. The van der Waals surface area contributed by atoms with Gasteiger partial charge in [-0.1, -0.05) is 0 Å². The van der Waals surface area contributed by atoms with Crippen molar-refractivity contribution in [2.45, 2.75) is 32.9 Å². The molecule has 2 rings (SSSR count). The Hall–Kier alpha value is -2.44. The van der Waals surface area contributed by atoms with Crippen LogP contribution in [-0.2, 0) is 16.1 Å². The highest BCUT2D eigenvalue weighted by Gasteiger charge is 2.18. The Morgan fingerprint density at radius 2 is 2.10 bits per heavy atom. The minimum absolute atomic E-state index is 0.246. The van der Waals surface area contributed by atoms with Crippen molar-refractivity contribution >= 4 is 16.9 Å². The van der Waals surface area contributed by atoms with Gasteiger partial charge in [-0.05, 0) is 26.8 Å². The fraction of sp³-hybridized carbons (Fsp3) is 0.385. The lowest BCUT2D eigenvalue weighted by molar-refractivity contribution is -0.155. The first-order chi connectivity index (χ1) is 9.28. The number of H-pyrrole nitrogens is 1. The maximum Gasteiger partial charge on any atom is 0.329 e. The normalized spacial score (nSPS) is 11.6. The second-order valence-electron chi connectivity index (χ2n) is 5.33. The van der Waals surface area contributed by atoms with Gasteiger partial charge in [0.2, 0.25) is 0 Å². The third kappa shape index (κ3) is 2.93. The summed E-state index contributed by atoms with van der Waals surface area (Å²) in [7, 11) is 0. The Labute approximate surface area is 114 Å². The Morgan fingerprint density at radius 1 is 1.40 bits per heavy atom. The number of rotatable bonds is 2.